The standard InChI is InChI=1S/C9H18N2O2/c1-4-8(12)5-6-10-9(13)7-11(2)3/h4-7H2,1-3H3,(H,10,13). The minimum Gasteiger partial charge on any atom is -0.355 e. The Balaban J connectivity index is 3.42. The van der Waals surface area contributed by atoms with E-state index in [1.807, 2.05) is 21.0 Å². The molecule has 0 fully saturated rings. The summed E-state index contributed by atoms with van der Waals surface area (Å²) in [5, 5.41) is 2.68. The summed E-state index contributed by atoms with van der Waals surface area (Å²) in [6.45, 7) is 2.66. The maximum Gasteiger partial charge on any atom is 0.234 e. The second-order valence-corrected chi connectivity index (χ2v) is 3.23. The highest BCUT2D eigenvalue weighted by Crippen LogP contribution is 1.86. The van der Waals surface area contributed by atoms with Crippen molar-refractivity contribution in [3.05, 3.63) is 0 Å². The van der Waals surface area contributed by atoms with Crippen LogP contribution in [0.3, 0.4) is 0 Å². The first-order valence-electron chi connectivity index (χ1n) is 4.49. The Kier molecular flexibility index (Phi) is 6.14. The molecular formula is C9H18N2O2. The van der Waals surface area contributed by atoms with E-state index in [2.05, 4.69) is 5.32 Å². The van der Waals surface area contributed by atoms with E-state index in [1.165, 1.54) is 0 Å². The number of carbonyl (C=O) groups is 2. The molecule has 0 bridgehead atoms. The van der Waals surface area contributed by atoms with E-state index in [-0.39, 0.29) is 11.7 Å². The summed E-state index contributed by atoms with van der Waals surface area (Å²) in [4.78, 5) is 23.7. The number of ketones is 1. The van der Waals surface area contributed by atoms with Crippen molar-refractivity contribution in [1.82, 2.24) is 10.2 Å². The number of rotatable bonds is 6. The number of nitrogens with one attached hydrogen (secondary N) is 1. The number of Topliss-reactive ketones (excluding diaryl/α,β-unsaturated/α-hetero) is 1. The molecule has 13 heavy (non-hydrogen) atoms. The minimum atomic E-state index is -0.0334. The van der Waals surface area contributed by atoms with Gasteiger partial charge in [0.1, 0.15) is 5.78 Å². The van der Waals surface area contributed by atoms with E-state index in [0.717, 1.165) is 0 Å². The Bertz CT molecular complexity index is 178. The van der Waals surface area contributed by atoms with Gasteiger partial charge in [0.15, 0.2) is 0 Å². The molecule has 0 saturated heterocycles. The molecule has 0 aliphatic carbocycles. The van der Waals surface area contributed by atoms with Gasteiger partial charge in [-0.1, -0.05) is 6.92 Å². The van der Waals surface area contributed by atoms with Crippen LogP contribution in [0.1, 0.15) is 19.8 Å². The van der Waals surface area contributed by atoms with Crippen molar-refractivity contribution in [1.29, 1.82) is 0 Å². The van der Waals surface area contributed by atoms with Crippen LogP contribution in [0.25, 0.3) is 0 Å². The Morgan fingerprint density at radius 2 is 1.92 bits per heavy atom. The molecule has 0 aromatic rings. The molecule has 1 amide bonds. The molecular weight excluding hydrogens is 168 g/mol. The zero-order valence-electron chi connectivity index (χ0n) is 8.59. The average Bonchev–Trinajstić information content (AvgIpc) is 2.02. The van der Waals surface area contributed by atoms with Crippen molar-refractivity contribution >= 4 is 11.7 Å². The summed E-state index contributed by atoms with van der Waals surface area (Å²) < 4.78 is 0. The van der Waals surface area contributed by atoms with Crippen LogP contribution in [-0.4, -0.2) is 43.8 Å². The largest absolute Gasteiger partial charge is 0.355 e. The number of hydrogen-bond donors (Lipinski definition) is 1. The molecule has 0 radical (unpaired) electrons. The van der Waals surface area contributed by atoms with Gasteiger partial charge in [0.05, 0.1) is 6.54 Å². The Labute approximate surface area is 79.3 Å². The van der Waals surface area contributed by atoms with Crippen LogP contribution in [0.2, 0.25) is 0 Å². The molecule has 4 nitrogen and oxygen atoms in total. The van der Waals surface area contributed by atoms with Crippen LogP contribution in [0.5, 0.6) is 0 Å². The molecule has 0 aromatic carbocycles. The van der Waals surface area contributed by atoms with Crippen LogP contribution in [0.15, 0.2) is 0 Å². The third-order valence-electron chi connectivity index (χ3n) is 1.58. The predicted octanol–water partition coefficient (Wildman–Crippen LogP) is 0.0334. The monoisotopic (exact) mass is 186 g/mol. The van der Waals surface area contributed by atoms with Gasteiger partial charge in [0.2, 0.25) is 5.91 Å². The Hall–Kier alpha value is -0.900. The Morgan fingerprint density at radius 3 is 2.38 bits per heavy atom. The normalized spacial score (nSPS) is 10.2. The highest BCUT2D eigenvalue weighted by molar-refractivity contribution is 5.80. The molecule has 0 saturated carbocycles. The van der Waals surface area contributed by atoms with Crippen molar-refractivity contribution < 1.29 is 9.59 Å². The van der Waals surface area contributed by atoms with Gasteiger partial charge in [-0.15, -0.1) is 0 Å². The average molecular weight is 186 g/mol. The van der Waals surface area contributed by atoms with Crippen LogP contribution in [-0.2, 0) is 9.59 Å². The van der Waals surface area contributed by atoms with Gasteiger partial charge in [-0.05, 0) is 14.1 Å². The number of nitrogens with zero attached hydrogens (tertiary/aromatic N) is 1. The molecule has 0 spiro atoms. The summed E-state index contributed by atoms with van der Waals surface area (Å²) in [5.41, 5.74) is 0. The molecule has 0 atom stereocenters. The molecule has 0 aromatic heterocycles. The van der Waals surface area contributed by atoms with E-state index >= 15 is 0 Å². The SMILES string of the molecule is CCC(=O)CCNC(=O)CN(C)C. The van der Waals surface area contributed by atoms with Crippen LogP contribution in [0.4, 0.5) is 0 Å². The topological polar surface area (TPSA) is 49.4 Å². The summed E-state index contributed by atoms with van der Waals surface area (Å²) in [7, 11) is 3.66. The van der Waals surface area contributed by atoms with E-state index in [4.69, 9.17) is 0 Å². The third kappa shape index (κ3) is 7.46. The fraction of sp³-hybridized carbons (Fsp3) is 0.778. The van der Waals surface area contributed by atoms with Crippen molar-refractivity contribution in [2.45, 2.75) is 19.8 Å². The molecule has 1 N–H and O–H groups in total. The smallest absolute Gasteiger partial charge is 0.234 e. The minimum absolute atomic E-state index is 0.0334. The number of carbonyl (C=O) groups excluding carboxylic acids is 2. The van der Waals surface area contributed by atoms with Gasteiger partial charge in [-0.2, -0.15) is 0 Å². The third-order valence-corrected chi connectivity index (χ3v) is 1.58. The van der Waals surface area contributed by atoms with Gasteiger partial charge in [-0.3, -0.25) is 9.59 Å². The molecule has 4 heteroatoms. The molecule has 76 valence electrons. The molecule has 0 aliphatic rings. The fourth-order valence-electron chi connectivity index (χ4n) is 0.861. The maximum atomic E-state index is 11.1. The van der Waals surface area contributed by atoms with Gasteiger partial charge in [0, 0.05) is 19.4 Å². The fourth-order valence-corrected chi connectivity index (χ4v) is 0.861. The van der Waals surface area contributed by atoms with Crippen molar-refractivity contribution in [3.63, 3.8) is 0 Å². The zero-order chi connectivity index (χ0) is 10.3. The van der Waals surface area contributed by atoms with Crippen molar-refractivity contribution in [2.75, 3.05) is 27.2 Å². The van der Waals surface area contributed by atoms with E-state index in [1.54, 1.807) is 4.90 Å². The van der Waals surface area contributed by atoms with E-state index in [0.29, 0.717) is 25.9 Å². The zero-order valence-corrected chi connectivity index (χ0v) is 8.59. The number of likely N-dealkylation sites (N-methyl/N-ethyl adjacent to an activating group) is 1. The van der Waals surface area contributed by atoms with Crippen LogP contribution >= 0.6 is 0 Å². The first kappa shape index (κ1) is 12.1. The lowest BCUT2D eigenvalue weighted by molar-refractivity contribution is -0.122. The molecule has 0 rings (SSSR count). The number of amides is 1. The summed E-state index contributed by atoms with van der Waals surface area (Å²) in [6, 6.07) is 0. The van der Waals surface area contributed by atoms with Crippen molar-refractivity contribution in [3.8, 4) is 0 Å². The second-order valence-electron chi connectivity index (χ2n) is 3.23. The maximum absolute atomic E-state index is 11.1. The molecule has 0 unspecified atom stereocenters. The van der Waals surface area contributed by atoms with E-state index in [9.17, 15) is 9.59 Å². The lowest BCUT2D eigenvalue weighted by atomic mass is 10.2. The quantitative estimate of drug-likeness (QED) is 0.637. The highest BCUT2D eigenvalue weighted by atomic mass is 16.2. The van der Waals surface area contributed by atoms with Gasteiger partial charge >= 0.3 is 0 Å². The predicted molar refractivity (Wildman–Crippen MR) is 51.5 cm³/mol. The van der Waals surface area contributed by atoms with Crippen molar-refractivity contribution in [2.24, 2.45) is 0 Å². The van der Waals surface area contributed by atoms with E-state index < -0.39 is 0 Å². The molecule has 0 aliphatic heterocycles. The molecule has 0 heterocycles. The van der Waals surface area contributed by atoms with Crippen LogP contribution in [0, 0.1) is 0 Å². The summed E-state index contributed by atoms with van der Waals surface area (Å²) in [6.07, 6.45) is 0.985. The lowest BCUT2D eigenvalue weighted by Gasteiger charge is -2.09. The van der Waals surface area contributed by atoms with Gasteiger partial charge < -0.3 is 10.2 Å². The second kappa shape index (κ2) is 6.60. The first-order chi connectivity index (χ1) is 6.06. The first-order valence-corrected chi connectivity index (χ1v) is 4.49. The number of hydrogen-bond acceptors (Lipinski definition) is 3. The van der Waals surface area contributed by atoms with Crippen LogP contribution < -0.4 is 5.32 Å². The van der Waals surface area contributed by atoms with Gasteiger partial charge in [-0.25, -0.2) is 0 Å². The highest BCUT2D eigenvalue weighted by Gasteiger charge is 2.03. The van der Waals surface area contributed by atoms with Gasteiger partial charge in [0.25, 0.3) is 0 Å². The Morgan fingerprint density at radius 1 is 1.31 bits per heavy atom. The summed E-state index contributed by atoms with van der Waals surface area (Å²) in [5.74, 6) is 0.152. The lowest BCUT2D eigenvalue weighted by Crippen LogP contribution is -2.34. The summed E-state index contributed by atoms with van der Waals surface area (Å²) >= 11 is 0.